The first-order valence-electron chi connectivity index (χ1n) is 4.72. The van der Waals surface area contributed by atoms with Crippen molar-refractivity contribution in [2.75, 3.05) is 5.32 Å². The van der Waals surface area contributed by atoms with Gasteiger partial charge in [0.05, 0.1) is 5.56 Å². The van der Waals surface area contributed by atoms with E-state index in [9.17, 15) is 9.59 Å². The molecule has 0 aliphatic rings. The van der Waals surface area contributed by atoms with Crippen molar-refractivity contribution in [3.63, 3.8) is 0 Å². The maximum Gasteiger partial charge on any atom is 0.335 e. The number of hydrogen-bond donors (Lipinski definition) is 3. The Hall–Kier alpha value is -1.08. The van der Waals surface area contributed by atoms with Crippen molar-refractivity contribution in [3.8, 4) is 0 Å². The minimum atomic E-state index is -2.11. The first kappa shape index (κ1) is 16.0. The van der Waals surface area contributed by atoms with Gasteiger partial charge in [-0.15, -0.1) is 0 Å². The van der Waals surface area contributed by atoms with Crippen LogP contribution in [-0.2, 0) is 4.79 Å². The number of carboxylic acid groups (broad SMARTS) is 1. The number of rotatable bonds is 2. The Bertz CT molecular complexity index is 514. The summed E-state index contributed by atoms with van der Waals surface area (Å²) in [6.45, 7) is 0. The summed E-state index contributed by atoms with van der Waals surface area (Å²) in [4.78, 5) is 21.9. The van der Waals surface area contributed by atoms with Crippen LogP contribution in [0.5, 0.6) is 0 Å². The molecule has 3 N–H and O–H groups in total. The van der Waals surface area contributed by atoms with Crippen molar-refractivity contribution in [1.29, 1.82) is 0 Å². The van der Waals surface area contributed by atoms with Gasteiger partial charge in [0.15, 0.2) is 5.11 Å². The van der Waals surface area contributed by atoms with Gasteiger partial charge in [0.2, 0.25) is 0 Å². The fourth-order valence-corrected chi connectivity index (χ4v) is 1.38. The van der Waals surface area contributed by atoms with Crippen molar-refractivity contribution in [3.05, 3.63) is 29.8 Å². The van der Waals surface area contributed by atoms with E-state index in [1.807, 2.05) is 0 Å². The monoisotopic (exact) mass is 340 g/mol. The number of thiocarbonyl (C=S) groups is 1. The number of alkyl halides is 3. The molecule has 0 heterocycles. The second kappa shape index (κ2) is 6.38. The number of benzene rings is 1. The van der Waals surface area contributed by atoms with E-state index in [-0.39, 0.29) is 10.7 Å². The predicted octanol–water partition coefficient (Wildman–Crippen LogP) is 2.57. The Balaban J connectivity index is 2.63. The molecular weight excluding hydrogens is 335 g/mol. The van der Waals surface area contributed by atoms with Crippen LogP contribution in [0.4, 0.5) is 5.69 Å². The van der Waals surface area contributed by atoms with Gasteiger partial charge < -0.3 is 10.4 Å². The van der Waals surface area contributed by atoms with Gasteiger partial charge >= 0.3 is 5.97 Å². The Morgan fingerprint density at radius 3 is 2.11 bits per heavy atom. The zero-order valence-electron chi connectivity index (χ0n) is 9.12. The second-order valence-electron chi connectivity index (χ2n) is 3.29. The van der Waals surface area contributed by atoms with Crippen molar-refractivity contribution in [2.24, 2.45) is 0 Å². The SMILES string of the molecule is O=C(O)c1ccc(NC(=S)NC(=O)C(Cl)(Cl)Cl)cc1. The molecule has 1 aromatic carbocycles. The fourth-order valence-electron chi connectivity index (χ4n) is 1.03. The third-order valence-corrected chi connectivity index (χ3v) is 2.59. The summed E-state index contributed by atoms with van der Waals surface area (Å²) in [5, 5.41) is 13.5. The lowest BCUT2D eigenvalue weighted by molar-refractivity contribution is -0.118. The molecule has 0 aromatic heterocycles. The summed E-state index contributed by atoms with van der Waals surface area (Å²) >= 11 is 20.9. The summed E-state index contributed by atoms with van der Waals surface area (Å²) in [7, 11) is 0. The normalized spacial score (nSPS) is 10.7. The summed E-state index contributed by atoms with van der Waals surface area (Å²) in [5.74, 6) is -1.93. The molecule has 0 saturated heterocycles. The van der Waals surface area contributed by atoms with Crippen LogP contribution in [-0.4, -0.2) is 25.9 Å². The summed E-state index contributed by atoms with van der Waals surface area (Å²) < 4.78 is -2.11. The van der Waals surface area contributed by atoms with E-state index in [1.165, 1.54) is 24.3 Å². The Morgan fingerprint density at radius 2 is 1.68 bits per heavy atom. The molecule has 0 radical (unpaired) electrons. The van der Waals surface area contributed by atoms with E-state index in [4.69, 9.17) is 52.1 Å². The average Bonchev–Trinajstić information content (AvgIpc) is 2.28. The molecule has 0 fully saturated rings. The Kier molecular flexibility index (Phi) is 5.37. The maximum absolute atomic E-state index is 11.3. The lowest BCUT2D eigenvalue weighted by atomic mass is 10.2. The van der Waals surface area contributed by atoms with Crippen LogP contribution >= 0.6 is 47.0 Å². The molecule has 0 unspecified atom stereocenters. The highest BCUT2D eigenvalue weighted by Gasteiger charge is 2.31. The first-order chi connectivity index (χ1) is 8.70. The zero-order chi connectivity index (χ0) is 14.6. The smallest absolute Gasteiger partial charge is 0.335 e. The molecular formula is C10H7Cl3N2O3S. The molecule has 1 amide bonds. The highest BCUT2D eigenvalue weighted by Crippen LogP contribution is 2.25. The lowest BCUT2D eigenvalue weighted by Crippen LogP contribution is -2.41. The number of anilines is 1. The highest BCUT2D eigenvalue weighted by molar-refractivity contribution is 7.80. The van der Waals surface area contributed by atoms with E-state index in [2.05, 4.69) is 10.6 Å². The largest absolute Gasteiger partial charge is 0.478 e. The highest BCUT2D eigenvalue weighted by atomic mass is 35.6. The second-order valence-corrected chi connectivity index (χ2v) is 5.98. The van der Waals surface area contributed by atoms with Gasteiger partial charge in [0.1, 0.15) is 0 Å². The Labute approximate surface area is 128 Å². The summed E-state index contributed by atoms with van der Waals surface area (Å²) in [5.41, 5.74) is 0.612. The number of hydrogen-bond acceptors (Lipinski definition) is 3. The minimum absolute atomic E-state index is 0.0700. The molecule has 102 valence electrons. The van der Waals surface area contributed by atoms with Crippen molar-refractivity contribution in [2.45, 2.75) is 3.79 Å². The van der Waals surface area contributed by atoms with Crippen LogP contribution in [0.3, 0.4) is 0 Å². The van der Waals surface area contributed by atoms with Crippen LogP contribution in [0, 0.1) is 0 Å². The molecule has 5 nitrogen and oxygen atoms in total. The van der Waals surface area contributed by atoms with E-state index >= 15 is 0 Å². The summed E-state index contributed by atoms with van der Waals surface area (Å²) in [6.07, 6.45) is 0. The molecule has 1 aromatic rings. The van der Waals surface area contributed by atoms with Crippen LogP contribution in [0.1, 0.15) is 10.4 Å². The van der Waals surface area contributed by atoms with E-state index < -0.39 is 15.7 Å². The molecule has 0 aliphatic heterocycles. The van der Waals surface area contributed by atoms with Crippen LogP contribution in [0.15, 0.2) is 24.3 Å². The number of carbonyl (C=O) groups is 2. The number of carbonyl (C=O) groups excluding carboxylic acids is 1. The van der Waals surface area contributed by atoms with Crippen molar-refractivity contribution >= 4 is 69.7 Å². The topological polar surface area (TPSA) is 78.4 Å². The number of amides is 1. The molecule has 0 atom stereocenters. The van der Waals surface area contributed by atoms with Crippen LogP contribution in [0.2, 0.25) is 0 Å². The van der Waals surface area contributed by atoms with Gasteiger partial charge in [-0.1, -0.05) is 34.8 Å². The number of nitrogens with one attached hydrogen (secondary N) is 2. The molecule has 0 aliphatic carbocycles. The first-order valence-corrected chi connectivity index (χ1v) is 6.27. The third-order valence-electron chi connectivity index (χ3n) is 1.87. The number of halogens is 3. The molecule has 1 rings (SSSR count). The number of carboxylic acids is 1. The predicted molar refractivity (Wildman–Crippen MR) is 78.1 cm³/mol. The third kappa shape index (κ3) is 5.20. The Morgan fingerprint density at radius 1 is 1.16 bits per heavy atom. The van der Waals surface area contributed by atoms with Gasteiger partial charge in [-0.05, 0) is 36.5 Å². The van der Waals surface area contributed by atoms with Crippen molar-refractivity contribution in [1.82, 2.24) is 5.32 Å². The number of aromatic carboxylic acids is 1. The van der Waals surface area contributed by atoms with Crippen molar-refractivity contribution < 1.29 is 14.7 Å². The quantitative estimate of drug-likeness (QED) is 0.569. The molecule has 9 heteroatoms. The molecule has 0 spiro atoms. The zero-order valence-corrected chi connectivity index (χ0v) is 12.2. The van der Waals surface area contributed by atoms with E-state index in [0.29, 0.717) is 5.69 Å². The average molecular weight is 342 g/mol. The van der Waals surface area contributed by atoms with Crippen LogP contribution < -0.4 is 10.6 Å². The molecule has 19 heavy (non-hydrogen) atoms. The van der Waals surface area contributed by atoms with Crippen LogP contribution in [0.25, 0.3) is 0 Å². The van der Waals surface area contributed by atoms with Gasteiger partial charge in [-0.3, -0.25) is 10.1 Å². The van der Waals surface area contributed by atoms with Gasteiger partial charge in [0, 0.05) is 5.69 Å². The minimum Gasteiger partial charge on any atom is -0.478 e. The van der Waals surface area contributed by atoms with Gasteiger partial charge in [-0.2, -0.15) is 0 Å². The van der Waals surface area contributed by atoms with Gasteiger partial charge in [0.25, 0.3) is 9.70 Å². The van der Waals surface area contributed by atoms with Gasteiger partial charge in [-0.25, -0.2) is 4.79 Å². The molecule has 0 saturated carbocycles. The van der Waals surface area contributed by atoms with E-state index in [0.717, 1.165) is 0 Å². The maximum atomic E-state index is 11.3. The fraction of sp³-hybridized carbons (Fsp3) is 0.100. The lowest BCUT2D eigenvalue weighted by Gasteiger charge is -2.13. The van der Waals surface area contributed by atoms with E-state index in [1.54, 1.807) is 0 Å². The molecule has 0 bridgehead atoms. The summed E-state index contributed by atoms with van der Waals surface area (Å²) in [6, 6.07) is 5.72. The standard InChI is InChI=1S/C10H7Cl3N2O3S/c11-10(12,13)8(18)15-9(19)14-6-3-1-5(2-4-6)7(16)17/h1-4H,(H,16,17)(H2,14,15,18,19).